The molecule has 2 aliphatic carbocycles. The zero-order chi connectivity index (χ0) is 46.5. The summed E-state index contributed by atoms with van der Waals surface area (Å²) >= 11 is 0. The molecule has 63 heavy (non-hydrogen) atoms. The van der Waals surface area contributed by atoms with E-state index in [1.807, 2.05) is 69.3 Å². The highest BCUT2D eigenvalue weighted by Crippen LogP contribution is 2.59. The fraction of sp³-hybridized carbons (Fsp3) is 0.321. The second-order valence-corrected chi connectivity index (χ2v) is 18.4. The van der Waals surface area contributed by atoms with Crippen molar-refractivity contribution in [2.45, 2.75) is 111 Å². The fourth-order valence-corrected chi connectivity index (χ4v) is 9.57. The van der Waals surface area contributed by atoms with Crippen molar-refractivity contribution < 1.29 is 35.7 Å². The number of hydrogen-bond acceptors (Lipinski definition) is 8. The smallest absolute Gasteiger partial charge is 0.186 e. The molecule has 5 aromatic rings. The minimum absolute atomic E-state index is 0.00468. The van der Waals surface area contributed by atoms with E-state index in [0.29, 0.717) is 16.8 Å². The lowest BCUT2D eigenvalue weighted by Crippen LogP contribution is -2.25. The van der Waals surface area contributed by atoms with Crippen LogP contribution in [0.25, 0.3) is 16.7 Å². The van der Waals surface area contributed by atoms with Crippen LogP contribution in [0.1, 0.15) is 132 Å². The maximum atomic E-state index is 11.7. The molecule has 0 bridgehead atoms. The molecule has 0 saturated carbocycles. The lowest BCUT2D eigenvalue weighted by Gasteiger charge is -2.36. The quantitative estimate of drug-likeness (QED) is 0.0269. The lowest BCUT2D eigenvalue weighted by atomic mass is 9.68. The Morgan fingerprint density at radius 1 is 0.714 bits per heavy atom. The van der Waals surface area contributed by atoms with Crippen molar-refractivity contribution in [1.29, 1.82) is 0 Å². The zero-order valence-electron chi connectivity index (χ0n) is 38.1. The number of aliphatic hydroxyl groups excluding tert-OH is 3. The summed E-state index contributed by atoms with van der Waals surface area (Å²) < 4.78 is 0. The molecule has 5 aromatic carbocycles. The van der Waals surface area contributed by atoms with Crippen LogP contribution in [0.2, 0.25) is 0 Å². The molecule has 0 amide bonds. The van der Waals surface area contributed by atoms with E-state index in [-0.39, 0.29) is 22.6 Å². The van der Waals surface area contributed by atoms with E-state index in [9.17, 15) is 35.7 Å². The van der Waals surface area contributed by atoms with Crippen LogP contribution < -0.4 is 4.90 Å². The van der Waals surface area contributed by atoms with Gasteiger partial charge >= 0.3 is 0 Å². The molecule has 0 aliphatic heterocycles. The van der Waals surface area contributed by atoms with Gasteiger partial charge in [0.25, 0.3) is 0 Å². The van der Waals surface area contributed by atoms with Crippen molar-refractivity contribution >= 4 is 38.3 Å². The maximum absolute atomic E-state index is 11.7. The summed E-state index contributed by atoms with van der Waals surface area (Å²) in [5, 5.41) is 77.0. The summed E-state index contributed by atoms with van der Waals surface area (Å²) in [6.45, 7) is 19.7. The normalized spacial score (nSPS) is 17.0. The van der Waals surface area contributed by atoms with Crippen LogP contribution in [0.3, 0.4) is 0 Å². The Morgan fingerprint density at radius 2 is 1.29 bits per heavy atom. The standard InChI is InChI=1S/C39H39B2NO7.C14H20/c1-18(2)28-19(3)11-10-14-27(28)42(22-15-16-24-23-12-8-9-13-25(23)39(6,7)26(24)17-22)32-37(48)35(46)29(36(47)38(32)49)20(4)33(44)30(40)31(41)34(45)21(5)43;1-4-11-9-10-14(2,3)13-8-6-5-7-12(11)13/h8-18,43-49H,1-7H3;5-8,11H,4,9-10H2,1-3H3/b31-30-,33-20-,34-21-;. The van der Waals surface area contributed by atoms with Gasteiger partial charge in [0.15, 0.2) is 23.0 Å². The Hall–Kier alpha value is -6.15. The second-order valence-electron chi connectivity index (χ2n) is 18.4. The van der Waals surface area contributed by atoms with Crippen molar-refractivity contribution in [3.05, 3.63) is 152 Å². The lowest BCUT2D eigenvalue weighted by molar-refractivity contribution is 0.337. The minimum atomic E-state index is -0.864. The van der Waals surface area contributed by atoms with E-state index in [4.69, 9.17) is 15.7 Å². The Balaban J connectivity index is 0.000000397. The highest BCUT2D eigenvalue weighted by atomic mass is 16.3. The van der Waals surface area contributed by atoms with Crippen molar-refractivity contribution in [1.82, 2.24) is 0 Å². The number of nitrogens with zero attached hydrogens (tertiary/aromatic N) is 1. The summed E-state index contributed by atoms with van der Waals surface area (Å²) in [5.41, 5.74) is 8.23. The van der Waals surface area contributed by atoms with Crippen LogP contribution in [-0.4, -0.2) is 51.4 Å². The van der Waals surface area contributed by atoms with Crippen LogP contribution in [0.4, 0.5) is 17.1 Å². The van der Waals surface area contributed by atoms with Gasteiger partial charge in [-0.25, -0.2) is 0 Å². The first-order valence-electron chi connectivity index (χ1n) is 21.6. The number of phenolic OH excluding ortho intramolecular Hbond substituents is 4. The van der Waals surface area contributed by atoms with Crippen LogP contribution in [-0.2, 0) is 10.8 Å². The molecular weight excluding hydrogens is 784 g/mol. The van der Waals surface area contributed by atoms with E-state index in [1.165, 1.54) is 26.2 Å². The molecule has 2 aliphatic rings. The molecule has 10 heteroatoms. The van der Waals surface area contributed by atoms with Gasteiger partial charge in [-0.15, -0.1) is 0 Å². The largest absolute Gasteiger partial charge is 0.509 e. The molecular formula is C53H59B2NO7. The summed E-state index contributed by atoms with van der Waals surface area (Å²) in [7, 11) is 11.8. The first kappa shape index (κ1) is 46.4. The highest BCUT2D eigenvalue weighted by molar-refractivity contribution is 6.35. The van der Waals surface area contributed by atoms with Crippen LogP contribution in [0.15, 0.2) is 113 Å². The van der Waals surface area contributed by atoms with E-state index in [1.54, 1.807) is 16.0 Å². The number of aryl methyl sites for hydroxylation is 1. The van der Waals surface area contributed by atoms with E-state index in [2.05, 4.69) is 71.0 Å². The molecule has 1 unspecified atom stereocenters. The Kier molecular flexibility index (Phi) is 12.9. The van der Waals surface area contributed by atoms with Gasteiger partial charge in [0.2, 0.25) is 0 Å². The zero-order valence-corrected chi connectivity index (χ0v) is 38.1. The Morgan fingerprint density at radius 3 is 1.89 bits per heavy atom. The monoisotopic (exact) mass is 843 g/mol. The molecule has 7 rings (SSSR count). The third kappa shape index (κ3) is 8.16. The SMILES string of the molecule is CCC1CCC(C)(C)c2ccccc21.[B]C(=C([B])/C(O)=C(\C)c1c(O)c(O)c(N(c2ccc3c(c2)C(C)(C)c2ccccc2-3)c2cccc(C)c2C(C)C)c(O)c1O)/C(O)=C(\C)O. The average molecular weight is 844 g/mol. The van der Waals surface area contributed by atoms with Crippen molar-refractivity contribution in [2.75, 3.05) is 4.90 Å². The van der Waals surface area contributed by atoms with Crippen LogP contribution >= 0.6 is 0 Å². The fourth-order valence-electron chi connectivity index (χ4n) is 9.57. The van der Waals surface area contributed by atoms with Crippen molar-refractivity contribution in [3.63, 3.8) is 0 Å². The van der Waals surface area contributed by atoms with Gasteiger partial charge in [-0.1, -0.05) is 126 Å². The number of phenols is 4. The third-order valence-corrected chi connectivity index (χ3v) is 13.2. The van der Waals surface area contributed by atoms with Crippen LogP contribution in [0.5, 0.6) is 23.0 Å². The van der Waals surface area contributed by atoms with Gasteiger partial charge < -0.3 is 40.6 Å². The molecule has 8 nitrogen and oxygen atoms in total. The number of rotatable bonds is 8. The number of anilines is 3. The summed E-state index contributed by atoms with van der Waals surface area (Å²) in [6.07, 6.45) is 3.98. The third-order valence-electron chi connectivity index (χ3n) is 13.2. The molecule has 0 saturated heterocycles. The van der Waals surface area contributed by atoms with Crippen molar-refractivity contribution in [2.24, 2.45) is 0 Å². The van der Waals surface area contributed by atoms with Crippen molar-refractivity contribution in [3.8, 4) is 34.1 Å². The van der Waals surface area contributed by atoms with Gasteiger partial charge in [-0.05, 0) is 120 Å². The Bertz CT molecular complexity index is 2660. The van der Waals surface area contributed by atoms with Gasteiger partial charge in [-0.3, -0.25) is 0 Å². The average Bonchev–Trinajstić information content (AvgIpc) is 3.48. The Labute approximate surface area is 375 Å². The predicted molar refractivity (Wildman–Crippen MR) is 258 cm³/mol. The highest BCUT2D eigenvalue weighted by Gasteiger charge is 2.38. The van der Waals surface area contributed by atoms with Gasteiger partial charge in [-0.2, -0.15) is 0 Å². The van der Waals surface area contributed by atoms with Gasteiger partial charge in [0.1, 0.15) is 38.7 Å². The molecule has 0 aromatic heterocycles. The predicted octanol–water partition coefficient (Wildman–Crippen LogP) is 13.2. The molecule has 0 spiro atoms. The topological polar surface area (TPSA) is 145 Å². The summed E-state index contributed by atoms with van der Waals surface area (Å²) in [4.78, 5) is 1.60. The van der Waals surface area contributed by atoms with Crippen LogP contribution in [0, 0.1) is 6.92 Å². The molecule has 7 N–H and O–H groups in total. The van der Waals surface area contributed by atoms with Gasteiger partial charge in [0.05, 0.1) is 11.3 Å². The van der Waals surface area contributed by atoms with E-state index < -0.39 is 56.8 Å². The number of fused-ring (bicyclic) bond motifs is 4. The number of aliphatic hydroxyl groups is 3. The van der Waals surface area contributed by atoms with E-state index >= 15 is 0 Å². The summed E-state index contributed by atoms with van der Waals surface area (Å²) in [5.74, 6) is -4.65. The first-order valence-corrected chi connectivity index (χ1v) is 21.6. The van der Waals surface area contributed by atoms with Gasteiger partial charge in [0, 0.05) is 16.7 Å². The summed E-state index contributed by atoms with van der Waals surface area (Å²) in [6, 6.07) is 28.7. The molecule has 0 fully saturated rings. The molecule has 0 heterocycles. The van der Waals surface area contributed by atoms with E-state index in [0.717, 1.165) is 46.2 Å². The molecule has 4 radical (unpaired) electrons. The number of allylic oxidation sites excluding steroid dienone is 4. The molecule has 324 valence electrons. The number of hydrogen-bond donors (Lipinski definition) is 7. The number of benzene rings is 5. The first-order chi connectivity index (χ1) is 29.6. The number of aromatic hydroxyl groups is 4. The maximum Gasteiger partial charge on any atom is 0.186 e. The molecule has 1 atom stereocenters. The second kappa shape index (κ2) is 17.5. The minimum Gasteiger partial charge on any atom is -0.509 e.